The molecule has 1 unspecified atom stereocenters. The molecule has 0 saturated carbocycles. The van der Waals surface area contributed by atoms with Crippen LogP contribution in [0.2, 0.25) is 5.02 Å². The summed E-state index contributed by atoms with van der Waals surface area (Å²) in [6, 6.07) is 4.12. The average molecular weight is 415 g/mol. The van der Waals surface area contributed by atoms with Gasteiger partial charge in [0, 0.05) is 11.4 Å². The van der Waals surface area contributed by atoms with Crippen molar-refractivity contribution in [3.05, 3.63) is 34.9 Å². The molecular weight excluding hydrogens is 391 g/mol. The molecule has 2 rings (SSSR count). The van der Waals surface area contributed by atoms with Gasteiger partial charge in [0.05, 0.1) is 13.7 Å². The molecule has 28 heavy (non-hydrogen) atoms. The van der Waals surface area contributed by atoms with Crippen LogP contribution in [0.1, 0.15) is 38.8 Å². The van der Waals surface area contributed by atoms with E-state index >= 15 is 0 Å². The van der Waals surface area contributed by atoms with Gasteiger partial charge in [0.1, 0.15) is 17.8 Å². The second-order valence-corrected chi connectivity index (χ2v) is 7.94. The average Bonchev–Trinajstić information content (AvgIpc) is 2.99. The molecule has 1 aliphatic rings. The van der Waals surface area contributed by atoms with Crippen LogP contribution in [0.25, 0.3) is 0 Å². The van der Waals surface area contributed by atoms with Crippen LogP contribution in [0, 0.1) is 0 Å². The predicted molar refractivity (Wildman–Crippen MR) is 101 cm³/mol. The lowest BCUT2D eigenvalue weighted by Gasteiger charge is -2.28. The summed E-state index contributed by atoms with van der Waals surface area (Å²) in [5.41, 5.74) is -0.381. The maximum atomic E-state index is 14.0. The van der Waals surface area contributed by atoms with Gasteiger partial charge in [0.25, 0.3) is 0 Å². The van der Waals surface area contributed by atoms with E-state index in [9.17, 15) is 18.8 Å². The molecule has 0 radical (unpaired) electrons. The second kappa shape index (κ2) is 8.77. The number of carbonyl (C=O) groups is 3. The molecule has 1 aliphatic heterocycles. The van der Waals surface area contributed by atoms with Crippen LogP contribution in [0.15, 0.2) is 24.3 Å². The van der Waals surface area contributed by atoms with Gasteiger partial charge in [-0.1, -0.05) is 23.7 Å². The minimum absolute atomic E-state index is 0.186. The molecule has 1 heterocycles. The normalized spacial score (nSPS) is 20.4. The van der Waals surface area contributed by atoms with E-state index in [0.29, 0.717) is 10.6 Å². The number of carbonyl (C=O) groups excluding carboxylic acids is 3. The molecule has 1 N–H and O–H groups in total. The van der Waals surface area contributed by atoms with E-state index < -0.39 is 41.8 Å². The molecule has 1 fully saturated rings. The number of ether oxygens (including phenoxy) is 2. The minimum atomic E-state index is -1.37. The first-order valence-corrected chi connectivity index (χ1v) is 9.17. The number of halogens is 2. The summed E-state index contributed by atoms with van der Waals surface area (Å²) < 4.78 is 24.0. The number of likely N-dealkylation sites (tertiary alicyclic amines) is 1. The Morgan fingerprint density at radius 2 is 2.00 bits per heavy atom. The highest BCUT2D eigenvalue weighted by Gasteiger charge is 2.42. The molecule has 3 atom stereocenters. The standard InChI is InChI=1S/C19H24ClFN2O5/c1-19(2,3)28-18(26)23-10-13(21)9-14(23)16(24)22-15(17(25)27-4)11-6-5-7-12(20)8-11/h5-8,13-15H,9-10H2,1-4H3,(H,22,24)/t13-,14+,15?/m1/s1. The predicted octanol–water partition coefficient (Wildman–Crippen LogP) is 3.02. The van der Waals surface area contributed by atoms with Gasteiger partial charge in [-0.25, -0.2) is 14.0 Å². The molecule has 0 aliphatic carbocycles. The summed E-state index contributed by atoms with van der Waals surface area (Å²) in [7, 11) is 1.19. The summed E-state index contributed by atoms with van der Waals surface area (Å²) in [6.45, 7) is 4.77. The highest BCUT2D eigenvalue weighted by molar-refractivity contribution is 6.30. The van der Waals surface area contributed by atoms with Crippen LogP contribution >= 0.6 is 11.6 Å². The van der Waals surface area contributed by atoms with E-state index in [1.165, 1.54) is 13.2 Å². The number of hydrogen-bond donors (Lipinski definition) is 1. The van der Waals surface area contributed by atoms with Gasteiger partial charge in [-0.2, -0.15) is 0 Å². The molecule has 7 nitrogen and oxygen atoms in total. The molecule has 0 spiro atoms. The summed E-state index contributed by atoms with van der Waals surface area (Å²) in [5.74, 6) is -1.39. The molecule has 0 aromatic heterocycles. The Hall–Kier alpha value is -2.35. The van der Waals surface area contributed by atoms with Crippen molar-refractivity contribution in [1.82, 2.24) is 10.2 Å². The summed E-state index contributed by atoms with van der Waals surface area (Å²) in [4.78, 5) is 38.4. The molecule has 9 heteroatoms. The van der Waals surface area contributed by atoms with Crippen molar-refractivity contribution < 1.29 is 28.2 Å². The number of alkyl halides is 1. The smallest absolute Gasteiger partial charge is 0.411 e. The van der Waals surface area contributed by atoms with Gasteiger partial charge in [-0.05, 0) is 38.5 Å². The SMILES string of the molecule is COC(=O)C(NC(=O)[C@@H]1C[C@@H](F)CN1C(=O)OC(C)(C)C)c1cccc(Cl)c1. The first kappa shape index (κ1) is 21.9. The van der Waals surface area contributed by atoms with E-state index in [1.54, 1.807) is 39.0 Å². The molecular formula is C19H24ClFN2O5. The highest BCUT2D eigenvalue weighted by atomic mass is 35.5. The molecule has 1 aromatic carbocycles. The highest BCUT2D eigenvalue weighted by Crippen LogP contribution is 2.25. The fourth-order valence-electron chi connectivity index (χ4n) is 2.88. The van der Waals surface area contributed by atoms with E-state index in [0.717, 1.165) is 4.90 Å². The number of methoxy groups -OCH3 is 1. The van der Waals surface area contributed by atoms with Crippen molar-refractivity contribution in [2.75, 3.05) is 13.7 Å². The van der Waals surface area contributed by atoms with Crippen LogP contribution in [-0.4, -0.2) is 54.3 Å². The second-order valence-electron chi connectivity index (χ2n) is 7.50. The van der Waals surface area contributed by atoms with E-state index in [1.807, 2.05) is 0 Å². The first-order valence-electron chi connectivity index (χ1n) is 8.79. The Bertz CT molecular complexity index is 752. The van der Waals surface area contributed by atoms with Crippen LogP contribution in [0.3, 0.4) is 0 Å². The summed E-state index contributed by atoms with van der Waals surface area (Å²) in [5, 5.41) is 2.91. The van der Waals surface area contributed by atoms with Crippen molar-refractivity contribution in [2.24, 2.45) is 0 Å². The largest absolute Gasteiger partial charge is 0.467 e. The van der Waals surface area contributed by atoms with Gasteiger partial charge in [-0.3, -0.25) is 9.69 Å². The van der Waals surface area contributed by atoms with Crippen molar-refractivity contribution in [2.45, 2.75) is 51.0 Å². The van der Waals surface area contributed by atoms with Crippen LogP contribution < -0.4 is 5.32 Å². The Labute approximate surface area is 168 Å². The lowest BCUT2D eigenvalue weighted by atomic mass is 10.1. The third-order valence-electron chi connectivity index (χ3n) is 4.09. The van der Waals surface area contributed by atoms with Crippen molar-refractivity contribution in [3.8, 4) is 0 Å². The van der Waals surface area contributed by atoms with Gasteiger partial charge in [-0.15, -0.1) is 0 Å². The van der Waals surface area contributed by atoms with E-state index in [2.05, 4.69) is 5.32 Å². The lowest BCUT2D eigenvalue weighted by molar-refractivity contribution is -0.145. The number of rotatable bonds is 4. The fourth-order valence-corrected chi connectivity index (χ4v) is 3.08. The maximum Gasteiger partial charge on any atom is 0.411 e. The summed E-state index contributed by atoms with van der Waals surface area (Å²) in [6.07, 6.45) is -2.34. The molecule has 0 bridgehead atoms. The van der Waals surface area contributed by atoms with Gasteiger partial charge in [0.2, 0.25) is 5.91 Å². The van der Waals surface area contributed by atoms with E-state index in [4.69, 9.17) is 21.1 Å². The minimum Gasteiger partial charge on any atom is -0.467 e. The zero-order valence-electron chi connectivity index (χ0n) is 16.2. The molecule has 1 aromatic rings. The Morgan fingerprint density at radius 1 is 1.32 bits per heavy atom. The number of nitrogens with zero attached hydrogens (tertiary/aromatic N) is 1. The third-order valence-corrected chi connectivity index (χ3v) is 4.32. The Balaban J connectivity index is 2.21. The third kappa shape index (κ3) is 5.58. The van der Waals surface area contributed by atoms with Gasteiger partial charge < -0.3 is 14.8 Å². The first-order chi connectivity index (χ1) is 13.0. The number of esters is 1. The van der Waals surface area contributed by atoms with Crippen LogP contribution in [-0.2, 0) is 19.1 Å². The molecule has 1 saturated heterocycles. The van der Waals surface area contributed by atoms with Gasteiger partial charge in [0.15, 0.2) is 6.04 Å². The number of hydrogen-bond acceptors (Lipinski definition) is 5. The lowest BCUT2D eigenvalue weighted by Crippen LogP contribution is -2.49. The number of nitrogens with one attached hydrogen (secondary N) is 1. The monoisotopic (exact) mass is 414 g/mol. The summed E-state index contributed by atoms with van der Waals surface area (Å²) >= 11 is 5.96. The van der Waals surface area contributed by atoms with Crippen molar-refractivity contribution in [1.29, 1.82) is 0 Å². The van der Waals surface area contributed by atoms with E-state index in [-0.39, 0.29) is 13.0 Å². The topological polar surface area (TPSA) is 84.9 Å². The zero-order chi connectivity index (χ0) is 21.1. The fraction of sp³-hybridized carbons (Fsp3) is 0.526. The van der Waals surface area contributed by atoms with Gasteiger partial charge >= 0.3 is 12.1 Å². The van der Waals surface area contributed by atoms with Crippen LogP contribution in [0.5, 0.6) is 0 Å². The number of amides is 2. The Morgan fingerprint density at radius 3 is 2.57 bits per heavy atom. The molecule has 2 amide bonds. The Kier molecular flexibility index (Phi) is 6.87. The maximum absolute atomic E-state index is 14.0. The van der Waals surface area contributed by atoms with Crippen molar-refractivity contribution >= 4 is 29.6 Å². The number of benzene rings is 1. The van der Waals surface area contributed by atoms with Crippen molar-refractivity contribution in [3.63, 3.8) is 0 Å². The van der Waals surface area contributed by atoms with Crippen LogP contribution in [0.4, 0.5) is 9.18 Å². The zero-order valence-corrected chi connectivity index (χ0v) is 17.0. The quantitative estimate of drug-likeness (QED) is 0.765. The molecule has 154 valence electrons.